The van der Waals surface area contributed by atoms with E-state index >= 15 is 0 Å². The van der Waals surface area contributed by atoms with E-state index in [0.717, 1.165) is 17.7 Å². The number of carbonyl (C=O) groups is 1. The fourth-order valence-corrected chi connectivity index (χ4v) is 4.91. The van der Waals surface area contributed by atoms with Crippen LogP contribution in [0.5, 0.6) is 0 Å². The predicted molar refractivity (Wildman–Crippen MR) is 112 cm³/mol. The van der Waals surface area contributed by atoms with Crippen LogP contribution in [-0.4, -0.2) is 53.6 Å². The van der Waals surface area contributed by atoms with Crippen LogP contribution in [0.2, 0.25) is 0 Å². The van der Waals surface area contributed by atoms with Crippen molar-refractivity contribution in [2.24, 2.45) is 5.92 Å². The zero-order valence-electron chi connectivity index (χ0n) is 17.1. The topological polar surface area (TPSA) is 129 Å². The van der Waals surface area contributed by atoms with E-state index in [9.17, 15) is 19.7 Å². The Balaban J connectivity index is 1.42. The lowest BCUT2D eigenvalue weighted by molar-refractivity contribution is -0.386. The molecule has 0 saturated carbocycles. The first-order valence-corrected chi connectivity index (χ1v) is 10.4. The van der Waals surface area contributed by atoms with Crippen LogP contribution in [0.15, 0.2) is 53.6 Å². The van der Waals surface area contributed by atoms with Gasteiger partial charge in [-0.1, -0.05) is 30.3 Å². The first-order chi connectivity index (χ1) is 15.5. The van der Waals surface area contributed by atoms with Gasteiger partial charge in [0.15, 0.2) is 0 Å². The van der Waals surface area contributed by atoms with E-state index in [4.69, 9.17) is 0 Å². The summed E-state index contributed by atoms with van der Waals surface area (Å²) in [6, 6.07) is 12.0. The highest BCUT2D eigenvalue weighted by Gasteiger charge is 2.39. The zero-order chi connectivity index (χ0) is 22.2. The highest BCUT2D eigenvalue weighted by Crippen LogP contribution is 2.36. The molecule has 32 heavy (non-hydrogen) atoms. The van der Waals surface area contributed by atoms with Crippen molar-refractivity contribution in [2.45, 2.75) is 31.3 Å². The third kappa shape index (κ3) is 3.55. The zero-order valence-corrected chi connectivity index (χ0v) is 17.1. The Kier molecular flexibility index (Phi) is 5.00. The summed E-state index contributed by atoms with van der Waals surface area (Å²) in [7, 11) is 0. The minimum absolute atomic E-state index is 0.0498. The number of pyridine rings is 1. The standard InChI is InChI=1S/C21H21N7O4/c29-20(19(27-13-22-23-24-27)9-14-4-2-1-3-5-14)25-10-15-8-16(12-25)17-6-7-18(28(31)32)21(30)26(17)11-15/h1-7,13,15-16,19H,8-12H2/t15-,16+,19+/m1/s1. The number of fused-ring (bicyclic) bond motifs is 4. The fraction of sp³-hybridized carbons (Fsp3) is 0.381. The number of nitro groups is 1. The van der Waals surface area contributed by atoms with Gasteiger partial charge in [0.1, 0.15) is 12.4 Å². The molecule has 11 heteroatoms. The lowest BCUT2D eigenvalue weighted by atomic mass is 9.82. The maximum absolute atomic E-state index is 13.6. The third-order valence-electron chi connectivity index (χ3n) is 6.33. The van der Waals surface area contributed by atoms with Crippen LogP contribution in [0.4, 0.5) is 5.69 Å². The molecule has 11 nitrogen and oxygen atoms in total. The number of piperidine rings is 1. The van der Waals surface area contributed by atoms with Crippen molar-refractivity contribution >= 4 is 11.6 Å². The van der Waals surface area contributed by atoms with Crippen LogP contribution in [0.3, 0.4) is 0 Å². The van der Waals surface area contributed by atoms with Crippen molar-refractivity contribution < 1.29 is 9.72 Å². The van der Waals surface area contributed by atoms with Gasteiger partial charge >= 0.3 is 11.2 Å². The Bertz CT molecular complexity index is 1210. The molecule has 4 heterocycles. The number of rotatable bonds is 5. The second kappa shape index (κ2) is 7.98. The van der Waals surface area contributed by atoms with Crippen LogP contribution in [0.1, 0.15) is 29.6 Å². The normalized spacial score (nSPS) is 20.4. The number of hydrogen-bond acceptors (Lipinski definition) is 7. The molecular formula is C21H21N7O4. The molecule has 2 aliphatic rings. The van der Waals surface area contributed by atoms with Crippen molar-refractivity contribution in [3.63, 3.8) is 0 Å². The van der Waals surface area contributed by atoms with Crippen molar-refractivity contribution in [1.82, 2.24) is 29.7 Å². The largest absolute Gasteiger partial charge is 0.340 e. The van der Waals surface area contributed by atoms with E-state index in [2.05, 4.69) is 15.5 Å². The summed E-state index contributed by atoms with van der Waals surface area (Å²) in [6.07, 6.45) is 2.75. The average Bonchev–Trinajstić information content (AvgIpc) is 3.33. The lowest BCUT2D eigenvalue weighted by Crippen LogP contribution is -2.51. The molecule has 0 radical (unpaired) electrons. The third-order valence-corrected chi connectivity index (χ3v) is 6.33. The fourth-order valence-electron chi connectivity index (χ4n) is 4.91. The molecule has 3 aromatic rings. The number of hydrogen-bond donors (Lipinski definition) is 0. The minimum Gasteiger partial charge on any atom is -0.340 e. The Labute approximate surface area is 182 Å². The monoisotopic (exact) mass is 435 g/mol. The lowest BCUT2D eigenvalue weighted by Gasteiger charge is -2.43. The van der Waals surface area contributed by atoms with E-state index in [1.165, 1.54) is 21.6 Å². The van der Waals surface area contributed by atoms with E-state index in [1.54, 1.807) is 6.07 Å². The number of tetrazole rings is 1. The first-order valence-electron chi connectivity index (χ1n) is 10.4. The smallest absolute Gasteiger partial charge is 0.334 e. The number of likely N-dealkylation sites (tertiary alicyclic amines) is 1. The van der Waals surface area contributed by atoms with Gasteiger partial charge in [0, 0.05) is 43.7 Å². The van der Waals surface area contributed by atoms with Gasteiger partial charge in [0.2, 0.25) is 5.91 Å². The quantitative estimate of drug-likeness (QED) is 0.434. The summed E-state index contributed by atoms with van der Waals surface area (Å²) in [5.41, 5.74) is 0.764. The summed E-state index contributed by atoms with van der Waals surface area (Å²) in [5, 5.41) is 22.5. The number of benzene rings is 1. The number of carbonyl (C=O) groups excluding carboxylic acids is 1. The van der Waals surface area contributed by atoms with E-state index < -0.39 is 22.2 Å². The molecule has 1 amide bonds. The van der Waals surface area contributed by atoms with Gasteiger partial charge in [-0.25, -0.2) is 4.68 Å². The second-order valence-corrected chi connectivity index (χ2v) is 8.35. The number of aromatic nitrogens is 5. The van der Waals surface area contributed by atoms with Gasteiger partial charge in [0.25, 0.3) is 0 Å². The first kappa shape index (κ1) is 20.0. The Hall–Kier alpha value is -3.89. The summed E-state index contributed by atoms with van der Waals surface area (Å²) in [5.74, 6) is -0.0732. The molecule has 2 aromatic heterocycles. The van der Waals surface area contributed by atoms with Crippen molar-refractivity contribution in [3.8, 4) is 0 Å². The van der Waals surface area contributed by atoms with Crippen molar-refractivity contribution in [3.05, 3.63) is 80.5 Å². The molecule has 2 bridgehead atoms. The SMILES string of the molecule is O=C([C@H](Cc1ccccc1)n1cnnn1)N1C[C@H]2C[C@@H](C1)c1ccc([N+](=O)[O-])c(=O)n1C2. The summed E-state index contributed by atoms with van der Waals surface area (Å²) in [6.45, 7) is 1.29. The van der Waals surface area contributed by atoms with Crippen LogP contribution in [-0.2, 0) is 17.8 Å². The van der Waals surface area contributed by atoms with Gasteiger partial charge in [-0.3, -0.25) is 19.7 Å². The molecule has 164 valence electrons. The van der Waals surface area contributed by atoms with Gasteiger partial charge < -0.3 is 9.47 Å². The highest BCUT2D eigenvalue weighted by molar-refractivity contribution is 5.81. The molecule has 1 aromatic carbocycles. The molecule has 1 saturated heterocycles. The molecule has 2 aliphatic heterocycles. The highest BCUT2D eigenvalue weighted by atomic mass is 16.6. The molecule has 5 rings (SSSR count). The van der Waals surface area contributed by atoms with E-state index in [1.807, 2.05) is 35.2 Å². The molecule has 3 atom stereocenters. The second-order valence-electron chi connectivity index (χ2n) is 8.35. The summed E-state index contributed by atoms with van der Waals surface area (Å²) < 4.78 is 3.00. The Morgan fingerprint density at radius 2 is 1.97 bits per heavy atom. The predicted octanol–water partition coefficient (Wildman–Crippen LogP) is 1.17. The number of nitrogens with zero attached hydrogens (tertiary/aromatic N) is 7. The van der Waals surface area contributed by atoms with E-state index in [-0.39, 0.29) is 17.7 Å². The minimum atomic E-state index is -0.643. The molecule has 0 spiro atoms. The average molecular weight is 435 g/mol. The molecular weight excluding hydrogens is 414 g/mol. The van der Waals surface area contributed by atoms with Crippen molar-refractivity contribution in [2.75, 3.05) is 13.1 Å². The van der Waals surface area contributed by atoms with Crippen LogP contribution < -0.4 is 5.56 Å². The molecule has 0 aliphatic carbocycles. The van der Waals surface area contributed by atoms with Crippen LogP contribution >= 0.6 is 0 Å². The maximum Gasteiger partial charge on any atom is 0.334 e. The van der Waals surface area contributed by atoms with Crippen LogP contribution in [0, 0.1) is 16.0 Å². The Morgan fingerprint density at radius 3 is 2.69 bits per heavy atom. The molecule has 1 fully saturated rings. The summed E-state index contributed by atoms with van der Waals surface area (Å²) in [4.78, 5) is 38.5. The van der Waals surface area contributed by atoms with Crippen molar-refractivity contribution in [1.29, 1.82) is 0 Å². The number of amides is 1. The molecule has 0 N–H and O–H groups in total. The summed E-state index contributed by atoms with van der Waals surface area (Å²) >= 11 is 0. The molecule has 0 unspecified atom stereocenters. The maximum atomic E-state index is 13.6. The van der Waals surface area contributed by atoms with Crippen LogP contribution in [0.25, 0.3) is 0 Å². The van der Waals surface area contributed by atoms with Gasteiger partial charge in [-0.2, -0.15) is 0 Å². The van der Waals surface area contributed by atoms with Gasteiger partial charge in [-0.15, -0.1) is 5.10 Å². The van der Waals surface area contributed by atoms with Gasteiger partial charge in [-0.05, 0) is 34.4 Å². The Morgan fingerprint density at radius 1 is 1.16 bits per heavy atom. The van der Waals surface area contributed by atoms with Gasteiger partial charge in [0.05, 0.1) is 4.92 Å². The van der Waals surface area contributed by atoms with E-state index in [0.29, 0.717) is 26.1 Å².